The number of hydrogen-bond donors (Lipinski definition) is 8. The molecule has 9 nitrogen and oxygen atoms in total. The molecule has 0 aromatic rings. The van der Waals surface area contributed by atoms with Gasteiger partial charge in [0.15, 0.2) is 0 Å². The molecule has 352 valence electrons. The molecule has 1 aliphatic rings. The fraction of sp³-hybridized carbons (Fsp3) is 0.500. The lowest BCUT2D eigenvalue weighted by Crippen LogP contribution is -2.62. The predicted molar refractivity (Wildman–Crippen MR) is 280 cm³/mol. The Morgan fingerprint density at radius 1 is 0.559 bits per heavy atom. The second-order valence-corrected chi connectivity index (χ2v) is 13.2. The van der Waals surface area contributed by atoms with Gasteiger partial charge in [0, 0.05) is 88.3 Å². The average molecular weight is 841 g/mol. The van der Waals surface area contributed by atoms with Crippen molar-refractivity contribution in [3.8, 4) is 142 Å². The van der Waals surface area contributed by atoms with E-state index in [1.807, 2.05) is 0 Å². The SMILES string of the molecule is CC#CC#CC#CC#CC#CC#CC#CC#CC#CC#CC#CC#CC(=O)N[C@@H](CN[C@@H]1C[C@H](O)[C@@H](O)[C@H](O)[C@H]1O)[C@H](O)[C@H](O)CCCCCCCCCCCCCC.[HH].[HH].[HH].[HH].[HH].[HH].[HH].[HH].[HH].[HH].[HH].[HH].[HH].[HH].[HH].[HH].[HH].[HH].[HH].[HH].[HH].[HH].[HH].[HH]. The van der Waals surface area contributed by atoms with Crippen LogP contribution in [0.3, 0.4) is 0 Å². The first-order valence-electron chi connectivity index (χ1n) is 19.8. The fourth-order valence-corrected chi connectivity index (χ4v) is 5.56. The lowest BCUT2D eigenvalue weighted by Gasteiger charge is -2.39. The maximum absolute atomic E-state index is 12.7. The van der Waals surface area contributed by atoms with Crippen molar-refractivity contribution in [3.63, 3.8) is 0 Å². The van der Waals surface area contributed by atoms with Gasteiger partial charge in [0.2, 0.25) is 0 Å². The highest BCUT2D eigenvalue weighted by atomic mass is 16.4. The molecule has 1 saturated carbocycles. The van der Waals surface area contributed by atoms with Gasteiger partial charge in [0.05, 0.1) is 24.4 Å². The van der Waals surface area contributed by atoms with E-state index in [0.29, 0.717) is 12.8 Å². The van der Waals surface area contributed by atoms with Crippen molar-refractivity contribution < 1.29 is 69.7 Å². The van der Waals surface area contributed by atoms with Gasteiger partial charge in [-0.3, -0.25) is 4.79 Å². The molecule has 0 aromatic carbocycles. The van der Waals surface area contributed by atoms with Crippen LogP contribution in [0.1, 0.15) is 138 Å². The highest BCUT2D eigenvalue weighted by Gasteiger charge is 2.42. The Labute approximate surface area is 387 Å². The zero-order valence-electron chi connectivity index (χ0n) is 33.8. The second kappa shape index (κ2) is 35.1. The molecule has 0 radical (unpaired) electrons. The van der Waals surface area contributed by atoms with E-state index in [9.17, 15) is 35.4 Å². The van der Waals surface area contributed by atoms with E-state index in [1.165, 1.54) is 51.4 Å². The zero-order chi connectivity index (χ0) is 43.2. The third-order valence-electron chi connectivity index (χ3n) is 8.69. The van der Waals surface area contributed by atoms with Crippen LogP contribution >= 0.6 is 0 Å². The van der Waals surface area contributed by atoms with E-state index in [1.54, 1.807) is 6.92 Å². The van der Waals surface area contributed by atoms with Crippen LogP contribution in [0, 0.1) is 142 Å². The summed E-state index contributed by atoms with van der Waals surface area (Å²) in [5, 5.41) is 67.9. The third-order valence-corrected chi connectivity index (χ3v) is 8.69. The van der Waals surface area contributed by atoms with E-state index in [0.717, 1.165) is 19.3 Å². The summed E-state index contributed by atoms with van der Waals surface area (Å²) in [5.41, 5.74) is 0. The van der Waals surface area contributed by atoms with Crippen LogP contribution in [0.2, 0.25) is 0 Å². The molecule has 8 atom stereocenters. The molecule has 9 heteroatoms. The van der Waals surface area contributed by atoms with Crippen LogP contribution in [0.5, 0.6) is 0 Å². The first kappa shape index (κ1) is 50.9. The zero-order valence-corrected chi connectivity index (χ0v) is 33.8. The molecule has 0 unspecified atom stereocenters. The van der Waals surface area contributed by atoms with E-state index >= 15 is 0 Å². The minimum atomic E-state index is -1.60. The van der Waals surface area contributed by atoms with Gasteiger partial charge in [-0.25, -0.2) is 0 Å². The molecular formula is C50H100N2O7. The van der Waals surface area contributed by atoms with Crippen LogP contribution in [0.4, 0.5) is 0 Å². The molecule has 0 heterocycles. The highest BCUT2D eigenvalue weighted by Crippen LogP contribution is 2.21. The van der Waals surface area contributed by atoms with Crippen LogP contribution < -0.4 is 10.6 Å². The van der Waals surface area contributed by atoms with Gasteiger partial charge in [-0.2, -0.15) is 0 Å². The number of carbonyl (C=O) groups is 1. The largest absolute Gasteiger partial charge is 0.390 e. The standard InChI is InChI=1S/C50H52N2O7.24H2/c1-3-5-7-9-11-13-15-17-18-19-20-21-22-23-24-25-26-27-29-31-33-35-37-39-46(55)52-43(41-51-42-40-45(54)49(58)50(59)48(42)57)47(56)44(53)38-36-34-32-30-28-16-14-12-10-8-6-4-2;;;;;;;;;;;;;;;;;;;;;;;;/h42-45,47-51,53-54,56-59H,4,6,8,10,12,14,16,28,30,32,34,36,38,40-41H2,1-2H3,(H,52,55);24*1H/t42-,43+,44-,45+,47+,48+,49-,50-;;;;;;;;;;;;;;;;;;;;;;;;/m1......................../s1. The molecule has 0 aromatic heterocycles. The van der Waals surface area contributed by atoms with Crippen LogP contribution in [-0.4, -0.2) is 91.8 Å². The molecule has 1 rings (SSSR count). The van der Waals surface area contributed by atoms with Gasteiger partial charge in [-0.15, -0.1) is 0 Å². The molecule has 1 amide bonds. The fourth-order valence-electron chi connectivity index (χ4n) is 5.56. The van der Waals surface area contributed by atoms with Crippen molar-refractivity contribution in [1.82, 2.24) is 10.6 Å². The van der Waals surface area contributed by atoms with Gasteiger partial charge in [-0.05, 0) is 114 Å². The lowest BCUT2D eigenvalue weighted by molar-refractivity contribution is -0.147. The number of amides is 1. The van der Waals surface area contributed by atoms with Crippen LogP contribution in [0.25, 0.3) is 0 Å². The lowest BCUT2D eigenvalue weighted by atomic mass is 9.85. The van der Waals surface area contributed by atoms with E-state index in [2.05, 4.69) is 160 Å². The molecule has 1 aliphatic carbocycles. The maximum Gasteiger partial charge on any atom is 0.297 e. The maximum atomic E-state index is 12.7. The van der Waals surface area contributed by atoms with Gasteiger partial charge in [0.1, 0.15) is 18.3 Å². The number of nitrogens with one attached hydrogen (secondary N) is 2. The summed E-state index contributed by atoms with van der Waals surface area (Å²) in [6, 6.07) is -1.92. The quantitative estimate of drug-likeness (QED) is 0.0507. The molecule has 0 spiro atoms. The van der Waals surface area contributed by atoms with Crippen molar-refractivity contribution in [3.05, 3.63) is 0 Å². The number of aliphatic hydroxyl groups is 6. The molecular weight excluding hydrogens is 741 g/mol. The normalized spacial score (nSPS) is 17.9. The topological polar surface area (TPSA) is 163 Å². The smallest absolute Gasteiger partial charge is 0.297 e. The summed E-state index contributed by atoms with van der Waals surface area (Å²) < 4.78 is 0. The third kappa shape index (κ3) is 26.5. The summed E-state index contributed by atoms with van der Waals surface area (Å²) in [6.45, 7) is 3.75. The van der Waals surface area contributed by atoms with Crippen LogP contribution in [-0.2, 0) is 4.79 Å². The highest BCUT2D eigenvalue weighted by molar-refractivity contribution is 5.94. The van der Waals surface area contributed by atoms with Crippen molar-refractivity contribution in [2.45, 2.75) is 152 Å². The minimum Gasteiger partial charge on any atom is -0.390 e. The van der Waals surface area contributed by atoms with Gasteiger partial charge in [0.25, 0.3) is 5.91 Å². The average Bonchev–Trinajstić information content (AvgIpc) is 3.23. The molecule has 0 bridgehead atoms. The first-order valence-corrected chi connectivity index (χ1v) is 19.8. The minimum absolute atomic E-state index is 0. The Bertz CT molecular complexity index is 2200. The Balaban J connectivity index is -0.0000000659. The summed E-state index contributed by atoms with van der Waals surface area (Å²) in [7, 11) is 0. The van der Waals surface area contributed by atoms with Crippen molar-refractivity contribution in [1.29, 1.82) is 0 Å². The molecule has 59 heavy (non-hydrogen) atoms. The number of rotatable bonds is 19. The van der Waals surface area contributed by atoms with Crippen molar-refractivity contribution >= 4 is 5.91 Å². The Morgan fingerprint density at radius 3 is 1.37 bits per heavy atom. The van der Waals surface area contributed by atoms with Gasteiger partial charge in [-0.1, -0.05) is 89.9 Å². The van der Waals surface area contributed by atoms with Crippen molar-refractivity contribution in [2.75, 3.05) is 6.54 Å². The van der Waals surface area contributed by atoms with Crippen molar-refractivity contribution in [2.24, 2.45) is 0 Å². The Morgan fingerprint density at radius 2 is 0.949 bits per heavy atom. The summed E-state index contributed by atoms with van der Waals surface area (Å²) >= 11 is 0. The number of unbranched alkanes of at least 4 members (excludes halogenated alkanes) is 11. The first-order chi connectivity index (χ1) is 28.7. The summed E-state index contributed by atoms with van der Waals surface area (Å²) in [6.07, 6.45) is 5.72. The van der Waals surface area contributed by atoms with E-state index in [-0.39, 0.29) is 47.2 Å². The van der Waals surface area contributed by atoms with E-state index < -0.39 is 54.6 Å². The van der Waals surface area contributed by atoms with Gasteiger partial charge < -0.3 is 41.3 Å². The number of hydrogen-bond acceptors (Lipinski definition) is 8. The molecule has 0 saturated heterocycles. The molecule has 1 fully saturated rings. The molecule has 0 aliphatic heterocycles. The Hall–Kier alpha value is -6.09. The van der Waals surface area contributed by atoms with E-state index in [4.69, 9.17) is 0 Å². The Kier molecular flexibility index (Phi) is 30.3. The molecule has 8 N–H and O–H groups in total. The number of carbonyl (C=O) groups excluding carboxylic acids is 1. The second-order valence-electron chi connectivity index (χ2n) is 13.2. The van der Waals surface area contributed by atoms with Crippen LogP contribution in [0.15, 0.2) is 0 Å². The summed E-state index contributed by atoms with van der Waals surface area (Å²) in [4.78, 5) is 12.7. The predicted octanol–water partition coefficient (Wildman–Crippen LogP) is 7.05. The monoisotopic (exact) mass is 841 g/mol. The van der Waals surface area contributed by atoms with Gasteiger partial charge >= 0.3 is 0 Å². The summed E-state index contributed by atoms with van der Waals surface area (Å²) in [5.74, 6) is 58.7. The number of aliphatic hydroxyl groups excluding tert-OH is 6.